The lowest BCUT2D eigenvalue weighted by molar-refractivity contribution is -0.687. The van der Waals surface area contributed by atoms with Crippen molar-refractivity contribution < 1.29 is 21.5 Å². The van der Waals surface area contributed by atoms with Crippen molar-refractivity contribution in [3.63, 3.8) is 0 Å². The average molecular weight is 558 g/mol. The van der Waals surface area contributed by atoms with Crippen LogP contribution in [0, 0.1) is 0 Å². The Morgan fingerprint density at radius 3 is 1.50 bits per heavy atom. The van der Waals surface area contributed by atoms with Gasteiger partial charge in [0.15, 0.2) is 6.04 Å². The van der Waals surface area contributed by atoms with Gasteiger partial charge in [-0.25, -0.2) is 9.13 Å². The van der Waals surface area contributed by atoms with E-state index in [1.54, 1.807) is 0 Å². The van der Waals surface area contributed by atoms with Crippen LogP contribution in [0.5, 0.6) is 0 Å². The van der Waals surface area contributed by atoms with Crippen molar-refractivity contribution in [3.8, 4) is 22.3 Å². The van der Waals surface area contributed by atoms with E-state index >= 15 is 0 Å². The van der Waals surface area contributed by atoms with Crippen LogP contribution in [0.1, 0.15) is 22.7 Å². The molecular weight excluding hydrogens is 528 g/mol. The minimum absolute atomic E-state index is 0. The topological polar surface area (TPSA) is 8.81 Å². The highest BCUT2D eigenvalue weighted by molar-refractivity contribution is 5.64. The standard InChI is InChI=1S/C35H29N2.BrH/c1-4-10-29(11-5-1)31-18-16-28(17-19-31)26-36-24-25-37(27-36)35(33-14-8-3-9-15-33)34-22-20-32(21-23-34)30-12-6-2-7-13-30;/h1-25,27,35H,26H2;1H/q+1;/p-1. The maximum Gasteiger partial charge on any atom is 0.244 e. The van der Waals surface area contributed by atoms with Gasteiger partial charge in [0.05, 0.1) is 0 Å². The Morgan fingerprint density at radius 2 is 0.947 bits per heavy atom. The van der Waals surface area contributed by atoms with Gasteiger partial charge in [-0.05, 0) is 27.8 Å². The van der Waals surface area contributed by atoms with Crippen molar-refractivity contribution in [2.75, 3.05) is 0 Å². The number of benzene rings is 5. The maximum atomic E-state index is 2.31. The molecule has 1 atom stereocenters. The number of rotatable bonds is 7. The quantitative estimate of drug-likeness (QED) is 0.250. The lowest BCUT2D eigenvalue weighted by Gasteiger charge is -2.15. The normalized spacial score (nSPS) is 11.5. The molecule has 0 saturated carbocycles. The van der Waals surface area contributed by atoms with Gasteiger partial charge in [0.2, 0.25) is 6.33 Å². The van der Waals surface area contributed by atoms with Crippen LogP contribution in [0.15, 0.2) is 158 Å². The number of hydrogen-bond donors (Lipinski definition) is 0. The smallest absolute Gasteiger partial charge is 0.244 e. The summed E-state index contributed by atoms with van der Waals surface area (Å²) in [6.45, 7) is 0.830. The van der Waals surface area contributed by atoms with E-state index in [0.29, 0.717) is 0 Å². The summed E-state index contributed by atoms with van der Waals surface area (Å²) in [6, 6.07) is 49.8. The minimum atomic E-state index is 0. The molecule has 38 heavy (non-hydrogen) atoms. The fourth-order valence-electron chi connectivity index (χ4n) is 4.96. The van der Waals surface area contributed by atoms with E-state index in [1.165, 1.54) is 38.9 Å². The molecule has 0 amide bonds. The predicted molar refractivity (Wildman–Crippen MR) is 151 cm³/mol. The lowest BCUT2D eigenvalue weighted by atomic mass is 9.96. The van der Waals surface area contributed by atoms with Gasteiger partial charge in [0, 0.05) is 11.1 Å². The zero-order chi connectivity index (χ0) is 24.9. The van der Waals surface area contributed by atoms with E-state index in [0.717, 1.165) is 6.54 Å². The molecule has 6 rings (SSSR count). The first kappa shape index (κ1) is 25.4. The number of halogens is 1. The molecule has 0 fully saturated rings. The maximum absolute atomic E-state index is 2.31. The SMILES string of the molecule is [Br-].c1ccc(-c2ccc(C[n+]3ccn(C(c4ccccc4)c4ccc(-c5ccccc5)cc4)c3)cc2)cc1. The number of aromatic nitrogens is 2. The van der Waals surface area contributed by atoms with Crippen LogP contribution >= 0.6 is 0 Å². The molecule has 0 aliphatic carbocycles. The summed E-state index contributed by atoms with van der Waals surface area (Å²) in [6.07, 6.45) is 6.56. The zero-order valence-electron chi connectivity index (χ0n) is 21.1. The van der Waals surface area contributed by atoms with Gasteiger partial charge in [-0.2, -0.15) is 0 Å². The Balaban J connectivity index is 0.00000294. The molecule has 0 bridgehead atoms. The molecule has 0 radical (unpaired) electrons. The van der Waals surface area contributed by atoms with Gasteiger partial charge in [-0.15, -0.1) is 0 Å². The highest BCUT2D eigenvalue weighted by atomic mass is 79.9. The molecule has 0 saturated heterocycles. The molecular formula is C35H29BrN2. The first-order chi connectivity index (χ1) is 18.3. The first-order valence-corrected chi connectivity index (χ1v) is 12.7. The largest absolute Gasteiger partial charge is 1.00 e. The van der Waals surface area contributed by atoms with Crippen molar-refractivity contribution in [1.82, 2.24) is 4.57 Å². The Morgan fingerprint density at radius 1 is 0.500 bits per heavy atom. The van der Waals surface area contributed by atoms with E-state index in [4.69, 9.17) is 0 Å². The summed E-state index contributed by atoms with van der Waals surface area (Å²) in [4.78, 5) is 0. The summed E-state index contributed by atoms with van der Waals surface area (Å²) in [5.41, 5.74) is 8.78. The summed E-state index contributed by atoms with van der Waals surface area (Å²) in [5.74, 6) is 0. The minimum Gasteiger partial charge on any atom is -1.00 e. The van der Waals surface area contributed by atoms with Crippen LogP contribution in [-0.4, -0.2) is 4.57 Å². The molecule has 1 aromatic heterocycles. The van der Waals surface area contributed by atoms with Crippen molar-refractivity contribution in [3.05, 3.63) is 175 Å². The van der Waals surface area contributed by atoms with Gasteiger partial charge >= 0.3 is 0 Å². The summed E-state index contributed by atoms with van der Waals surface area (Å²) < 4.78 is 4.57. The molecule has 6 aromatic rings. The molecule has 0 aliphatic heterocycles. The van der Waals surface area contributed by atoms with Crippen LogP contribution in [0.3, 0.4) is 0 Å². The van der Waals surface area contributed by atoms with Crippen LogP contribution in [0.25, 0.3) is 22.3 Å². The summed E-state index contributed by atoms with van der Waals surface area (Å²) in [7, 11) is 0. The monoisotopic (exact) mass is 556 g/mol. The molecule has 2 nitrogen and oxygen atoms in total. The average Bonchev–Trinajstić information content (AvgIpc) is 3.43. The van der Waals surface area contributed by atoms with Gasteiger partial charge in [0.1, 0.15) is 18.9 Å². The molecule has 0 aliphatic rings. The second-order valence-electron chi connectivity index (χ2n) is 9.40. The second kappa shape index (κ2) is 11.9. The Kier molecular flexibility index (Phi) is 7.96. The third-order valence-electron chi connectivity index (χ3n) is 6.89. The Labute approximate surface area is 235 Å². The van der Waals surface area contributed by atoms with Crippen molar-refractivity contribution in [2.24, 2.45) is 0 Å². The lowest BCUT2D eigenvalue weighted by Crippen LogP contribution is -3.00. The molecule has 1 heterocycles. The van der Waals surface area contributed by atoms with Gasteiger partial charge in [0.25, 0.3) is 0 Å². The number of nitrogens with zero attached hydrogens (tertiary/aromatic N) is 2. The van der Waals surface area contributed by atoms with Gasteiger partial charge in [-0.3, -0.25) is 0 Å². The third-order valence-corrected chi connectivity index (χ3v) is 6.89. The summed E-state index contributed by atoms with van der Waals surface area (Å²) >= 11 is 0. The van der Waals surface area contributed by atoms with Crippen LogP contribution < -0.4 is 21.5 Å². The Hall–Kier alpha value is -4.21. The van der Waals surface area contributed by atoms with E-state index in [2.05, 4.69) is 167 Å². The highest BCUT2D eigenvalue weighted by Gasteiger charge is 2.21. The van der Waals surface area contributed by atoms with E-state index in [-0.39, 0.29) is 23.0 Å². The van der Waals surface area contributed by atoms with Crippen LogP contribution in [-0.2, 0) is 6.54 Å². The zero-order valence-corrected chi connectivity index (χ0v) is 22.7. The van der Waals surface area contributed by atoms with Crippen molar-refractivity contribution in [2.45, 2.75) is 12.6 Å². The molecule has 3 heteroatoms. The van der Waals surface area contributed by atoms with Crippen molar-refractivity contribution in [1.29, 1.82) is 0 Å². The van der Waals surface area contributed by atoms with Gasteiger partial charge < -0.3 is 17.0 Å². The summed E-state index contributed by atoms with van der Waals surface area (Å²) in [5, 5.41) is 0. The first-order valence-electron chi connectivity index (χ1n) is 12.7. The Bertz CT molecular complexity index is 1560. The molecule has 0 spiro atoms. The van der Waals surface area contributed by atoms with E-state index < -0.39 is 0 Å². The second-order valence-corrected chi connectivity index (χ2v) is 9.40. The van der Waals surface area contributed by atoms with E-state index in [9.17, 15) is 0 Å². The number of hydrogen-bond acceptors (Lipinski definition) is 0. The molecule has 186 valence electrons. The third kappa shape index (κ3) is 5.69. The van der Waals surface area contributed by atoms with Crippen LogP contribution in [0.2, 0.25) is 0 Å². The molecule has 1 unspecified atom stereocenters. The fraction of sp³-hybridized carbons (Fsp3) is 0.0571. The van der Waals surface area contributed by atoms with Crippen molar-refractivity contribution >= 4 is 0 Å². The molecule has 5 aromatic carbocycles. The number of imidazole rings is 1. The van der Waals surface area contributed by atoms with Crippen LogP contribution in [0.4, 0.5) is 0 Å². The highest BCUT2D eigenvalue weighted by Crippen LogP contribution is 2.29. The fourth-order valence-corrected chi connectivity index (χ4v) is 4.96. The van der Waals surface area contributed by atoms with E-state index in [1.807, 2.05) is 0 Å². The molecule has 0 N–H and O–H groups in total. The predicted octanol–water partition coefficient (Wildman–Crippen LogP) is 4.80. The van der Waals surface area contributed by atoms with Gasteiger partial charge in [-0.1, -0.05) is 140 Å².